The number of benzene rings is 3. The maximum atomic E-state index is 15.2. The Hall–Kier alpha value is -4.44. The third-order valence-electron chi connectivity index (χ3n) is 10.8. The van der Waals surface area contributed by atoms with E-state index >= 15 is 14.4 Å². The summed E-state index contributed by atoms with van der Waals surface area (Å²) in [6, 6.07) is 21.9. The van der Waals surface area contributed by atoms with Crippen LogP contribution in [-0.4, -0.2) is 77.3 Å². The second-order valence-corrected chi connectivity index (χ2v) is 13.9. The van der Waals surface area contributed by atoms with Crippen LogP contribution in [0.5, 0.6) is 5.75 Å². The molecule has 9 nitrogen and oxygen atoms in total. The SMILES string of the molecule is C=CCN(C(=O)C1N([C@@H](CO)Cc2ccccc2)C(=O)[C@@H]2[C@@H](C(=O)N(CC=C)c3ccc(OCC)cc3)[C@@]3(CC)CCC12O3)c1ccc(Cl)cc1. The molecule has 3 aromatic carbocycles. The minimum absolute atomic E-state index is 0.161. The second kappa shape index (κ2) is 15.0. The van der Waals surface area contributed by atoms with E-state index in [2.05, 4.69) is 13.2 Å². The summed E-state index contributed by atoms with van der Waals surface area (Å²) in [6.45, 7) is 12.2. The summed E-state index contributed by atoms with van der Waals surface area (Å²) in [4.78, 5) is 50.1. The molecule has 2 unspecified atom stereocenters. The predicted octanol–water partition coefficient (Wildman–Crippen LogP) is 6.24. The monoisotopic (exact) mass is 711 g/mol. The van der Waals surface area contributed by atoms with Crippen LogP contribution in [0.3, 0.4) is 0 Å². The number of hydrogen-bond donors (Lipinski definition) is 1. The van der Waals surface area contributed by atoms with Crippen LogP contribution >= 0.6 is 11.6 Å². The molecule has 3 amide bonds. The summed E-state index contributed by atoms with van der Waals surface area (Å²) in [5.41, 5.74) is -0.151. The fourth-order valence-electron chi connectivity index (χ4n) is 8.57. The van der Waals surface area contributed by atoms with Gasteiger partial charge in [0.2, 0.25) is 11.8 Å². The Morgan fingerprint density at radius 3 is 2.14 bits per heavy atom. The molecule has 1 spiro atoms. The van der Waals surface area contributed by atoms with Crippen molar-refractivity contribution >= 4 is 40.7 Å². The first-order chi connectivity index (χ1) is 24.7. The number of fused-ring (bicyclic) bond motifs is 1. The lowest BCUT2D eigenvalue weighted by atomic mass is 9.64. The number of nitrogens with zero attached hydrogens (tertiary/aromatic N) is 3. The molecule has 3 saturated heterocycles. The van der Waals surface area contributed by atoms with Gasteiger partial charge in [-0.15, -0.1) is 13.2 Å². The largest absolute Gasteiger partial charge is 0.494 e. The Labute approximate surface area is 305 Å². The van der Waals surface area contributed by atoms with Crippen LogP contribution < -0.4 is 14.5 Å². The zero-order chi connectivity index (χ0) is 36.3. The van der Waals surface area contributed by atoms with Crippen molar-refractivity contribution < 1.29 is 29.0 Å². The van der Waals surface area contributed by atoms with Gasteiger partial charge in [0.25, 0.3) is 5.91 Å². The third kappa shape index (κ3) is 6.36. The normalized spacial score (nSPS) is 25.3. The van der Waals surface area contributed by atoms with E-state index in [0.717, 1.165) is 5.56 Å². The van der Waals surface area contributed by atoms with Crippen molar-refractivity contribution in [3.05, 3.63) is 115 Å². The number of hydrogen-bond acceptors (Lipinski definition) is 6. The summed E-state index contributed by atoms with van der Waals surface area (Å²) in [5.74, 6) is -2.15. The van der Waals surface area contributed by atoms with E-state index in [-0.39, 0.29) is 37.4 Å². The molecule has 51 heavy (non-hydrogen) atoms. The maximum Gasteiger partial charge on any atom is 0.253 e. The Morgan fingerprint density at radius 1 is 0.961 bits per heavy atom. The van der Waals surface area contributed by atoms with Gasteiger partial charge < -0.3 is 29.3 Å². The Balaban J connectivity index is 1.47. The van der Waals surface area contributed by atoms with Gasteiger partial charge in [0.05, 0.1) is 36.7 Å². The fourth-order valence-corrected chi connectivity index (χ4v) is 8.70. The van der Waals surface area contributed by atoms with E-state index in [4.69, 9.17) is 21.1 Å². The average molecular weight is 712 g/mol. The minimum atomic E-state index is -1.31. The second-order valence-electron chi connectivity index (χ2n) is 13.5. The van der Waals surface area contributed by atoms with Crippen molar-refractivity contribution in [3.8, 4) is 5.75 Å². The van der Waals surface area contributed by atoms with Crippen molar-refractivity contribution in [1.82, 2.24) is 4.90 Å². The van der Waals surface area contributed by atoms with Gasteiger partial charge in [-0.3, -0.25) is 14.4 Å². The Morgan fingerprint density at radius 2 is 1.57 bits per heavy atom. The third-order valence-corrected chi connectivity index (χ3v) is 11.0. The van der Waals surface area contributed by atoms with E-state index in [1.165, 1.54) is 4.90 Å². The number of carbonyl (C=O) groups excluding carboxylic acids is 3. The molecule has 0 saturated carbocycles. The molecule has 268 valence electrons. The van der Waals surface area contributed by atoms with Crippen LogP contribution in [0.2, 0.25) is 5.02 Å². The molecule has 6 rings (SSSR count). The summed E-state index contributed by atoms with van der Waals surface area (Å²) in [6.07, 6.45) is 4.98. The van der Waals surface area contributed by atoms with Crippen molar-refractivity contribution in [3.63, 3.8) is 0 Å². The lowest BCUT2D eigenvalue weighted by molar-refractivity contribution is -0.149. The predicted molar refractivity (Wildman–Crippen MR) is 199 cm³/mol. The molecule has 0 aromatic heterocycles. The number of amides is 3. The van der Waals surface area contributed by atoms with Crippen molar-refractivity contribution in [2.24, 2.45) is 11.8 Å². The quantitative estimate of drug-likeness (QED) is 0.188. The van der Waals surface area contributed by atoms with Gasteiger partial charge in [0.15, 0.2) is 0 Å². The number of aliphatic hydroxyl groups excluding tert-OH is 1. The smallest absolute Gasteiger partial charge is 0.253 e. The molecule has 2 bridgehead atoms. The van der Waals surface area contributed by atoms with Crippen LogP contribution in [0.4, 0.5) is 11.4 Å². The maximum absolute atomic E-state index is 15.2. The van der Waals surface area contributed by atoms with Crippen molar-refractivity contribution in [2.75, 3.05) is 36.1 Å². The van der Waals surface area contributed by atoms with E-state index in [1.54, 1.807) is 46.2 Å². The summed E-state index contributed by atoms with van der Waals surface area (Å²) >= 11 is 6.22. The first kappa shape index (κ1) is 36.4. The summed E-state index contributed by atoms with van der Waals surface area (Å²) in [7, 11) is 0. The van der Waals surface area contributed by atoms with Gasteiger partial charge in [0, 0.05) is 29.5 Å². The summed E-state index contributed by atoms with van der Waals surface area (Å²) < 4.78 is 12.7. The van der Waals surface area contributed by atoms with Crippen LogP contribution in [0, 0.1) is 11.8 Å². The van der Waals surface area contributed by atoms with Crippen LogP contribution in [0.1, 0.15) is 38.7 Å². The lowest BCUT2D eigenvalue weighted by Gasteiger charge is -2.39. The summed E-state index contributed by atoms with van der Waals surface area (Å²) in [5, 5.41) is 11.5. The molecule has 3 aliphatic heterocycles. The van der Waals surface area contributed by atoms with Gasteiger partial charge >= 0.3 is 0 Å². The number of rotatable bonds is 15. The van der Waals surface area contributed by atoms with Crippen molar-refractivity contribution in [1.29, 1.82) is 0 Å². The molecule has 3 aliphatic rings. The zero-order valence-electron chi connectivity index (χ0n) is 29.2. The molecule has 1 N–H and O–H groups in total. The van der Waals surface area contributed by atoms with Gasteiger partial charge in [-0.05, 0) is 86.7 Å². The highest BCUT2D eigenvalue weighted by Crippen LogP contribution is 2.65. The number of likely N-dealkylation sites (tertiary alicyclic amines) is 1. The molecule has 3 heterocycles. The highest BCUT2D eigenvalue weighted by Gasteiger charge is 2.79. The molecule has 0 radical (unpaired) electrons. The zero-order valence-corrected chi connectivity index (χ0v) is 30.0. The molecular weight excluding hydrogens is 666 g/mol. The van der Waals surface area contributed by atoms with Gasteiger partial charge in [-0.1, -0.05) is 61.0 Å². The molecule has 0 aliphatic carbocycles. The van der Waals surface area contributed by atoms with Crippen LogP contribution in [-0.2, 0) is 25.5 Å². The first-order valence-electron chi connectivity index (χ1n) is 17.7. The highest BCUT2D eigenvalue weighted by atomic mass is 35.5. The fraction of sp³-hybridized carbons (Fsp3) is 0.390. The van der Waals surface area contributed by atoms with Crippen LogP contribution in [0.25, 0.3) is 0 Å². The topological polar surface area (TPSA) is 99.6 Å². The highest BCUT2D eigenvalue weighted by molar-refractivity contribution is 6.30. The Bertz CT molecular complexity index is 1750. The molecule has 3 fully saturated rings. The van der Waals surface area contributed by atoms with Gasteiger partial charge in [-0.25, -0.2) is 0 Å². The van der Waals surface area contributed by atoms with Crippen LogP contribution in [0.15, 0.2) is 104 Å². The number of ether oxygens (including phenoxy) is 2. The molecule has 3 aromatic rings. The first-order valence-corrected chi connectivity index (χ1v) is 18.1. The number of anilines is 2. The van der Waals surface area contributed by atoms with Crippen molar-refractivity contribution in [2.45, 2.75) is 62.8 Å². The average Bonchev–Trinajstić information content (AvgIpc) is 3.76. The van der Waals surface area contributed by atoms with E-state index < -0.39 is 35.1 Å². The molecular formula is C41H46ClN3O6. The molecule has 10 heteroatoms. The van der Waals surface area contributed by atoms with Gasteiger partial charge in [0.1, 0.15) is 17.4 Å². The Kier molecular flexibility index (Phi) is 10.7. The number of aliphatic hydroxyl groups is 1. The molecule has 6 atom stereocenters. The number of carbonyl (C=O) groups is 3. The number of halogens is 1. The van der Waals surface area contributed by atoms with E-state index in [9.17, 15) is 5.11 Å². The van der Waals surface area contributed by atoms with E-state index in [0.29, 0.717) is 54.4 Å². The minimum Gasteiger partial charge on any atom is -0.494 e. The standard InChI is InChI=1S/C41H46ClN3O6/c1-5-24-43(31-18-20-33(21-19-31)50-8-4)37(47)34-35-38(48)45(32(27-46)26-28-12-10-9-11-13-28)36(41(35)23-22-40(34,7-3)51-41)39(49)44(25-6-2)30-16-14-29(42)15-17-30/h5-6,9-21,32,34-36,46H,1-2,7-8,22-27H2,3-4H3/t32-,34+,35+,36?,40-,41?/m1/s1. The van der Waals surface area contributed by atoms with Gasteiger partial charge in [-0.2, -0.15) is 0 Å². The van der Waals surface area contributed by atoms with E-state index in [1.807, 2.05) is 68.4 Å². The lowest BCUT2D eigenvalue weighted by Crippen LogP contribution is -2.59.